The summed E-state index contributed by atoms with van der Waals surface area (Å²) in [6, 6.07) is 2.44. The first kappa shape index (κ1) is 11.4. The summed E-state index contributed by atoms with van der Waals surface area (Å²) in [4.78, 5) is 0. The molecule has 96 valence electrons. The van der Waals surface area contributed by atoms with Crippen molar-refractivity contribution in [3.8, 4) is 6.07 Å². The number of anilines is 2. The molecule has 6 nitrogen and oxygen atoms in total. The van der Waals surface area contributed by atoms with Gasteiger partial charge in [-0.05, 0) is 32.1 Å². The third-order valence-corrected chi connectivity index (χ3v) is 3.74. The maximum Gasteiger partial charge on any atom is 0.168 e. The van der Waals surface area contributed by atoms with Crippen molar-refractivity contribution in [2.24, 2.45) is 0 Å². The van der Waals surface area contributed by atoms with Gasteiger partial charge in [0.15, 0.2) is 5.82 Å². The molecule has 0 saturated heterocycles. The smallest absolute Gasteiger partial charge is 0.168 e. The van der Waals surface area contributed by atoms with Crippen molar-refractivity contribution < 1.29 is 5.11 Å². The Hall–Kier alpha value is -1.74. The standard InChI is InChI=1S/C12H17N5O/c13-6-8-11(14)17(9-2-1-3-10(9)18)16-12(8)15-7-4-5-7/h7,9-10,18H,1-5,14H2,(H,15,16). The molecular weight excluding hydrogens is 230 g/mol. The number of nitriles is 1. The zero-order valence-corrected chi connectivity index (χ0v) is 10.1. The van der Waals surface area contributed by atoms with Crippen LogP contribution >= 0.6 is 0 Å². The van der Waals surface area contributed by atoms with E-state index in [0.717, 1.165) is 32.1 Å². The van der Waals surface area contributed by atoms with E-state index in [2.05, 4.69) is 16.5 Å². The molecule has 6 heteroatoms. The number of hydrogen-bond acceptors (Lipinski definition) is 5. The Morgan fingerprint density at radius 2 is 2.17 bits per heavy atom. The minimum Gasteiger partial charge on any atom is -0.391 e. The molecule has 18 heavy (non-hydrogen) atoms. The van der Waals surface area contributed by atoms with Crippen LogP contribution in [0.1, 0.15) is 43.7 Å². The Kier molecular flexibility index (Phi) is 2.63. The second-order valence-corrected chi connectivity index (χ2v) is 5.15. The van der Waals surface area contributed by atoms with Crippen LogP contribution in [-0.4, -0.2) is 27.0 Å². The highest BCUT2D eigenvalue weighted by atomic mass is 16.3. The summed E-state index contributed by atoms with van der Waals surface area (Å²) in [5.41, 5.74) is 6.38. The fraction of sp³-hybridized carbons (Fsp3) is 0.667. The van der Waals surface area contributed by atoms with E-state index < -0.39 is 6.10 Å². The lowest BCUT2D eigenvalue weighted by Crippen LogP contribution is -2.21. The van der Waals surface area contributed by atoms with Crippen LogP contribution in [0, 0.1) is 11.3 Å². The van der Waals surface area contributed by atoms with Crippen LogP contribution in [0.4, 0.5) is 11.6 Å². The SMILES string of the molecule is N#Cc1c(NC2CC2)nn(C2CCCC2O)c1N. The topological polar surface area (TPSA) is 99.9 Å². The van der Waals surface area contributed by atoms with Crippen LogP contribution in [0.3, 0.4) is 0 Å². The predicted molar refractivity (Wildman–Crippen MR) is 66.9 cm³/mol. The molecule has 3 rings (SSSR count). The van der Waals surface area contributed by atoms with E-state index in [-0.39, 0.29) is 6.04 Å². The normalized spacial score (nSPS) is 27.1. The molecule has 2 aliphatic rings. The number of hydrogen-bond donors (Lipinski definition) is 3. The summed E-state index contributed by atoms with van der Waals surface area (Å²) < 4.78 is 1.63. The Bertz CT molecular complexity index is 499. The summed E-state index contributed by atoms with van der Waals surface area (Å²) in [6.07, 6.45) is 4.43. The highest BCUT2D eigenvalue weighted by Crippen LogP contribution is 2.35. The first-order valence-corrected chi connectivity index (χ1v) is 6.43. The van der Waals surface area contributed by atoms with Crippen molar-refractivity contribution in [2.75, 3.05) is 11.1 Å². The van der Waals surface area contributed by atoms with Crippen molar-refractivity contribution in [3.05, 3.63) is 5.56 Å². The molecule has 4 N–H and O–H groups in total. The lowest BCUT2D eigenvalue weighted by molar-refractivity contribution is 0.131. The Morgan fingerprint density at radius 1 is 1.39 bits per heavy atom. The van der Waals surface area contributed by atoms with Gasteiger partial charge in [-0.2, -0.15) is 10.4 Å². The fourth-order valence-electron chi connectivity index (χ4n) is 2.54. The Balaban J connectivity index is 1.94. The molecular formula is C12H17N5O. The maximum absolute atomic E-state index is 9.91. The average molecular weight is 247 g/mol. The van der Waals surface area contributed by atoms with Crippen LogP contribution in [0.2, 0.25) is 0 Å². The number of rotatable bonds is 3. The Morgan fingerprint density at radius 3 is 2.72 bits per heavy atom. The van der Waals surface area contributed by atoms with Gasteiger partial charge >= 0.3 is 0 Å². The van der Waals surface area contributed by atoms with E-state index in [0.29, 0.717) is 23.2 Å². The maximum atomic E-state index is 9.91. The van der Waals surface area contributed by atoms with Crippen molar-refractivity contribution >= 4 is 11.6 Å². The molecule has 1 aromatic heterocycles. The van der Waals surface area contributed by atoms with Crippen molar-refractivity contribution in [3.63, 3.8) is 0 Å². The fourth-order valence-corrected chi connectivity index (χ4v) is 2.54. The number of nitrogen functional groups attached to an aromatic ring is 1. The minimum absolute atomic E-state index is 0.0909. The second-order valence-electron chi connectivity index (χ2n) is 5.15. The summed E-state index contributed by atoms with van der Waals surface area (Å²) in [5, 5.41) is 26.7. The number of nitrogens with one attached hydrogen (secondary N) is 1. The first-order valence-electron chi connectivity index (χ1n) is 6.43. The van der Waals surface area contributed by atoms with Gasteiger partial charge in [-0.3, -0.25) is 0 Å². The monoisotopic (exact) mass is 247 g/mol. The van der Waals surface area contributed by atoms with Gasteiger partial charge in [-0.1, -0.05) is 0 Å². The number of aliphatic hydroxyl groups is 1. The lowest BCUT2D eigenvalue weighted by Gasteiger charge is -2.16. The van der Waals surface area contributed by atoms with Gasteiger partial charge in [0.1, 0.15) is 17.5 Å². The summed E-state index contributed by atoms with van der Waals surface area (Å²) in [7, 11) is 0. The van der Waals surface area contributed by atoms with Gasteiger partial charge in [0.25, 0.3) is 0 Å². The minimum atomic E-state index is -0.410. The molecule has 1 heterocycles. The zero-order valence-electron chi connectivity index (χ0n) is 10.1. The molecule has 2 atom stereocenters. The van der Waals surface area contributed by atoms with Crippen LogP contribution in [-0.2, 0) is 0 Å². The van der Waals surface area contributed by atoms with Crippen LogP contribution in [0.15, 0.2) is 0 Å². The molecule has 2 saturated carbocycles. The second kappa shape index (κ2) is 4.18. The molecule has 1 aromatic rings. The van der Waals surface area contributed by atoms with Gasteiger partial charge in [0.2, 0.25) is 0 Å². The largest absolute Gasteiger partial charge is 0.391 e. The molecule has 0 amide bonds. The summed E-state index contributed by atoms with van der Waals surface area (Å²) >= 11 is 0. The highest BCUT2D eigenvalue weighted by molar-refractivity contribution is 5.64. The van der Waals surface area contributed by atoms with Crippen molar-refractivity contribution in [1.82, 2.24) is 9.78 Å². The van der Waals surface area contributed by atoms with E-state index in [1.165, 1.54) is 0 Å². The molecule has 0 aromatic carbocycles. The van der Waals surface area contributed by atoms with Gasteiger partial charge in [-0.25, -0.2) is 4.68 Å². The van der Waals surface area contributed by atoms with Gasteiger partial charge in [0.05, 0.1) is 12.1 Å². The predicted octanol–water partition coefficient (Wildman–Crippen LogP) is 0.997. The molecule has 2 unspecified atom stereocenters. The van der Waals surface area contributed by atoms with E-state index >= 15 is 0 Å². The molecule has 0 aliphatic heterocycles. The molecule has 2 fully saturated rings. The molecule has 2 aliphatic carbocycles. The number of nitrogens with two attached hydrogens (primary N) is 1. The molecule has 0 bridgehead atoms. The molecule has 0 spiro atoms. The third kappa shape index (κ3) is 1.81. The van der Waals surface area contributed by atoms with Gasteiger partial charge in [0, 0.05) is 6.04 Å². The lowest BCUT2D eigenvalue weighted by atomic mass is 10.2. The first-order chi connectivity index (χ1) is 8.70. The van der Waals surface area contributed by atoms with E-state index in [1.54, 1.807) is 4.68 Å². The highest BCUT2D eigenvalue weighted by Gasteiger charge is 2.32. The van der Waals surface area contributed by atoms with Crippen molar-refractivity contribution in [2.45, 2.75) is 50.3 Å². The van der Waals surface area contributed by atoms with Gasteiger partial charge < -0.3 is 16.2 Å². The van der Waals surface area contributed by atoms with E-state index in [4.69, 9.17) is 11.0 Å². The van der Waals surface area contributed by atoms with Crippen LogP contribution in [0.25, 0.3) is 0 Å². The third-order valence-electron chi connectivity index (χ3n) is 3.74. The van der Waals surface area contributed by atoms with Gasteiger partial charge in [-0.15, -0.1) is 0 Å². The Labute approximate surface area is 105 Å². The van der Waals surface area contributed by atoms with Crippen molar-refractivity contribution in [1.29, 1.82) is 5.26 Å². The average Bonchev–Trinajstić information content (AvgIpc) is 2.98. The summed E-state index contributed by atoms with van der Waals surface area (Å²) in [6.45, 7) is 0. The van der Waals surface area contributed by atoms with E-state index in [9.17, 15) is 5.11 Å². The number of nitrogens with zero attached hydrogens (tertiary/aromatic N) is 3. The quantitative estimate of drug-likeness (QED) is 0.739. The zero-order chi connectivity index (χ0) is 12.7. The van der Waals surface area contributed by atoms with E-state index in [1.807, 2.05) is 0 Å². The van der Waals surface area contributed by atoms with Crippen LogP contribution < -0.4 is 11.1 Å². The number of aromatic nitrogens is 2. The molecule has 0 radical (unpaired) electrons. The number of aliphatic hydroxyl groups excluding tert-OH is 1. The van der Waals surface area contributed by atoms with Crippen LogP contribution in [0.5, 0.6) is 0 Å². The summed E-state index contributed by atoms with van der Waals surface area (Å²) in [5.74, 6) is 0.934.